The van der Waals surface area contributed by atoms with Crippen LogP contribution >= 0.6 is 11.8 Å². The van der Waals surface area contributed by atoms with Crippen LogP contribution in [0.3, 0.4) is 0 Å². The first-order valence-electron chi connectivity index (χ1n) is 3.87. The molecule has 1 saturated heterocycles. The summed E-state index contributed by atoms with van der Waals surface area (Å²) in [5, 5.41) is 13.4. The second kappa shape index (κ2) is 7.00. The Labute approximate surface area is 76.2 Å². The van der Waals surface area contributed by atoms with Crippen LogP contribution in [0.5, 0.6) is 0 Å². The van der Waals surface area contributed by atoms with Gasteiger partial charge in [-0.25, -0.2) is 0 Å². The molecule has 1 aromatic heterocycles. The van der Waals surface area contributed by atoms with Crippen molar-refractivity contribution in [3.63, 3.8) is 0 Å². The number of hydrogen-bond donors (Lipinski definition) is 1. The summed E-state index contributed by atoms with van der Waals surface area (Å²) in [5.74, 6) is 2.61. The summed E-state index contributed by atoms with van der Waals surface area (Å²) in [4.78, 5) is 0. The first-order valence-corrected chi connectivity index (χ1v) is 5.02. The van der Waals surface area contributed by atoms with E-state index in [-0.39, 0.29) is 0 Å². The van der Waals surface area contributed by atoms with Gasteiger partial charge in [-0.15, -0.1) is 10.2 Å². The molecule has 12 heavy (non-hydrogen) atoms. The lowest BCUT2D eigenvalue weighted by atomic mass is 10.6. The minimum absolute atomic E-state index is 1.21. The lowest BCUT2D eigenvalue weighted by Gasteiger charge is -2.08. The summed E-state index contributed by atoms with van der Waals surface area (Å²) in [6.45, 7) is 2.43. The Morgan fingerprint density at radius 3 is 1.92 bits per heavy atom. The molecule has 66 valence electrons. The molecule has 0 saturated carbocycles. The topological polar surface area (TPSA) is 50.7 Å². The molecule has 0 atom stereocenters. The van der Waals surface area contributed by atoms with Crippen LogP contribution in [0, 0.1) is 0 Å². The standard InChI is InChI=1S/C4H9NS.C3H3N3/c1-3-6-4-2-5-1;1-2-4-6-5-3-1/h5H,1-4H2;1-3H. The van der Waals surface area contributed by atoms with E-state index in [0.29, 0.717) is 0 Å². The molecule has 2 heterocycles. The van der Waals surface area contributed by atoms with Gasteiger partial charge >= 0.3 is 0 Å². The summed E-state index contributed by atoms with van der Waals surface area (Å²) in [5.41, 5.74) is 0. The van der Waals surface area contributed by atoms with Gasteiger partial charge in [0.2, 0.25) is 0 Å². The maximum absolute atomic E-state index is 3.42. The molecule has 0 spiro atoms. The highest BCUT2D eigenvalue weighted by Crippen LogP contribution is 1.99. The summed E-state index contributed by atoms with van der Waals surface area (Å²) >= 11 is 2.03. The van der Waals surface area contributed by atoms with E-state index in [1.54, 1.807) is 18.5 Å². The molecular formula is C7H12N4S. The number of thioether (sulfide) groups is 1. The predicted octanol–water partition coefficient (Wildman–Crippen LogP) is 0.194. The Hall–Kier alpha value is -0.680. The molecule has 2 rings (SSSR count). The van der Waals surface area contributed by atoms with Gasteiger partial charge < -0.3 is 5.32 Å². The highest BCUT2D eigenvalue weighted by Gasteiger charge is 1.93. The maximum Gasteiger partial charge on any atom is 0.0529 e. The van der Waals surface area contributed by atoms with Gasteiger partial charge in [-0.2, -0.15) is 11.8 Å². The fourth-order valence-electron chi connectivity index (χ4n) is 0.721. The highest BCUT2D eigenvalue weighted by atomic mass is 32.2. The monoisotopic (exact) mass is 184 g/mol. The number of rotatable bonds is 0. The van der Waals surface area contributed by atoms with Crippen LogP contribution in [0.4, 0.5) is 0 Å². The molecule has 1 aliphatic heterocycles. The smallest absolute Gasteiger partial charge is 0.0529 e. The fraction of sp³-hybridized carbons (Fsp3) is 0.571. The van der Waals surface area contributed by atoms with E-state index in [1.807, 2.05) is 11.8 Å². The molecule has 0 unspecified atom stereocenters. The van der Waals surface area contributed by atoms with E-state index in [2.05, 4.69) is 20.7 Å². The Kier molecular flexibility index (Phi) is 5.48. The van der Waals surface area contributed by atoms with Crippen molar-refractivity contribution in [2.45, 2.75) is 0 Å². The second-order valence-electron chi connectivity index (χ2n) is 2.17. The van der Waals surface area contributed by atoms with Crippen molar-refractivity contribution in [2.75, 3.05) is 24.6 Å². The van der Waals surface area contributed by atoms with Crippen LogP contribution in [0.25, 0.3) is 0 Å². The van der Waals surface area contributed by atoms with Crippen LogP contribution in [0.1, 0.15) is 0 Å². The van der Waals surface area contributed by atoms with E-state index in [1.165, 1.54) is 24.6 Å². The number of aromatic nitrogens is 3. The van der Waals surface area contributed by atoms with Crippen LogP contribution in [-0.2, 0) is 0 Å². The third-order valence-corrected chi connectivity index (χ3v) is 2.24. The molecule has 1 fully saturated rings. The fourth-order valence-corrected chi connectivity index (χ4v) is 1.50. The van der Waals surface area contributed by atoms with Gasteiger partial charge in [0.05, 0.1) is 12.4 Å². The van der Waals surface area contributed by atoms with E-state index >= 15 is 0 Å². The van der Waals surface area contributed by atoms with Gasteiger partial charge in [0, 0.05) is 24.6 Å². The molecular weight excluding hydrogens is 172 g/mol. The number of nitrogens with zero attached hydrogens (tertiary/aromatic N) is 3. The zero-order chi connectivity index (χ0) is 8.49. The molecule has 1 aliphatic rings. The van der Waals surface area contributed by atoms with Crippen LogP contribution in [0.15, 0.2) is 18.5 Å². The summed E-state index contributed by atoms with van der Waals surface area (Å²) < 4.78 is 0. The van der Waals surface area contributed by atoms with Crippen molar-refractivity contribution < 1.29 is 0 Å². The molecule has 0 bridgehead atoms. The van der Waals surface area contributed by atoms with Crippen molar-refractivity contribution in [3.05, 3.63) is 18.5 Å². The minimum atomic E-state index is 1.21. The molecule has 0 amide bonds. The van der Waals surface area contributed by atoms with Crippen molar-refractivity contribution in [1.82, 2.24) is 20.7 Å². The molecule has 0 aliphatic carbocycles. The van der Waals surface area contributed by atoms with Gasteiger partial charge in [0.1, 0.15) is 0 Å². The molecule has 1 N–H and O–H groups in total. The van der Waals surface area contributed by atoms with Crippen molar-refractivity contribution in [3.8, 4) is 0 Å². The normalized spacial score (nSPS) is 16.0. The Morgan fingerprint density at radius 2 is 1.75 bits per heavy atom. The molecule has 0 aromatic carbocycles. The van der Waals surface area contributed by atoms with Crippen molar-refractivity contribution in [2.24, 2.45) is 0 Å². The zero-order valence-corrected chi connectivity index (χ0v) is 7.63. The second-order valence-corrected chi connectivity index (χ2v) is 3.40. The van der Waals surface area contributed by atoms with Crippen LogP contribution < -0.4 is 5.32 Å². The van der Waals surface area contributed by atoms with Gasteiger partial charge in [-0.05, 0) is 11.3 Å². The van der Waals surface area contributed by atoms with Gasteiger partial charge in [-0.3, -0.25) is 0 Å². The van der Waals surface area contributed by atoms with E-state index in [4.69, 9.17) is 0 Å². The van der Waals surface area contributed by atoms with Crippen LogP contribution in [0.2, 0.25) is 0 Å². The molecule has 1 aromatic rings. The van der Waals surface area contributed by atoms with Gasteiger partial charge in [0.25, 0.3) is 0 Å². The largest absolute Gasteiger partial charge is 0.315 e. The Balaban J connectivity index is 0.000000120. The summed E-state index contributed by atoms with van der Waals surface area (Å²) in [6, 6.07) is 1.72. The highest BCUT2D eigenvalue weighted by molar-refractivity contribution is 7.99. The quantitative estimate of drug-likeness (QED) is 0.624. The molecule has 0 radical (unpaired) electrons. The summed E-state index contributed by atoms with van der Waals surface area (Å²) in [7, 11) is 0. The average Bonchev–Trinajstić information content (AvgIpc) is 2.24. The van der Waals surface area contributed by atoms with E-state index in [0.717, 1.165) is 0 Å². The van der Waals surface area contributed by atoms with Crippen molar-refractivity contribution >= 4 is 11.8 Å². The van der Waals surface area contributed by atoms with E-state index < -0.39 is 0 Å². The van der Waals surface area contributed by atoms with Crippen molar-refractivity contribution in [1.29, 1.82) is 0 Å². The van der Waals surface area contributed by atoms with Gasteiger partial charge in [0.15, 0.2) is 0 Å². The lowest BCUT2D eigenvalue weighted by molar-refractivity contribution is 0.756. The minimum Gasteiger partial charge on any atom is -0.315 e. The number of nitrogens with one attached hydrogen (secondary N) is 1. The molecule has 5 heteroatoms. The Morgan fingerprint density at radius 1 is 1.08 bits per heavy atom. The lowest BCUT2D eigenvalue weighted by Crippen LogP contribution is -2.24. The average molecular weight is 184 g/mol. The predicted molar refractivity (Wildman–Crippen MR) is 50.0 cm³/mol. The van der Waals surface area contributed by atoms with Crippen LogP contribution in [-0.4, -0.2) is 40.0 Å². The third kappa shape index (κ3) is 5.03. The van der Waals surface area contributed by atoms with Gasteiger partial charge in [-0.1, -0.05) is 0 Å². The first kappa shape index (κ1) is 9.41. The number of hydrogen-bond acceptors (Lipinski definition) is 5. The molecule has 4 nitrogen and oxygen atoms in total. The SMILES string of the molecule is C1CSCCN1.c1cnnnc1. The zero-order valence-electron chi connectivity index (χ0n) is 6.81. The summed E-state index contributed by atoms with van der Waals surface area (Å²) in [6.07, 6.45) is 3.15. The maximum atomic E-state index is 3.42. The third-order valence-electron chi connectivity index (χ3n) is 1.26. The first-order chi connectivity index (χ1) is 6.00. The Bertz CT molecular complexity index is 140. The van der Waals surface area contributed by atoms with E-state index in [9.17, 15) is 0 Å².